The summed E-state index contributed by atoms with van der Waals surface area (Å²) in [5.41, 5.74) is 6.48. The summed E-state index contributed by atoms with van der Waals surface area (Å²) >= 11 is 5.01. The summed E-state index contributed by atoms with van der Waals surface area (Å²) < 4.78 is 4.98. The second-order valence-corrected chi connectivity index (χ2v) is 8.18. The molecule has 4 rings (SSSR count). The van der Waals surface area contributed by atoms with Crippen LogP contribution in [0.1, 0.15) is 5.56 Å². The van der Waals surface area contributed by atoms with Crippen molar-refractivity contribution < 1.29 is 0 Å². The highest BCUT2D eigenvalue weighted by Crippen LogP contribution is 2.41. The average molecular weight is 561 g/mol. The molecule has 3 aromatic carbocycles. The van der Waals surface area contributed by atoms with E-state index in [0.717, 1.165) is 6.54 Å². The summed E-state index contributed by atoms with van der Waals surface area (Å²) in [5.74, 6) is 0. The molecule has 0 atom stereocenters. The van der Waals surface area contributed by atoms with Crippen LogP contribution in [0.2, 0.25) is 0 Å². The predicted molar refractivity (Wildman–Crippen MR) is 126 cm³/mol. The molecule has 1 heterocycles. The Bertz CT molecular complexity index is 944. The Morgan fingerprint density at radius 3 is 1.35 bits per heavy atom. The molecule has 0 bridgehead atoms. The highest BCUT2D eigenvalue weighted by molar-refractivity contribution is 14.1. The van der Waals surface area contributed by atoms with Crippen molar-refractivity contribution in [3.05, 3.63) is 104 Å². The topological polar surface area (TPSA) is 4.93 Å². The number of benzene rings is 3. The Hall–Kier alpha value is -1.60. The lowest BCUT2D eigenvalue weighted by molar-refractivity contribution is 0.766. The number of aromatic nitrogens is 1. The number of hydrogen-bond acceptors (Lipinski definition) is 0. The van der Waals surface area contributed by atoms with Crippen LogP contribution in [0, 0.1) is 7.40 Å². The van der Waals surface area contributed by atoms with Crippen molar-refractivity contribution in [2.24, 2.45) is 0 Å². The van der Waals surface area contributed by atoms with Gasteiger partial charge in [0.1, 0.15) is 0 Å². The summed E-state index contributed by atoms with van der Waals surface area (Å²) in [5, 5.41) is 0. The first-order valence-corrected chi connectivity index (χ1v) is 10.6. The third-order valence-corrected chi connectivity index (χ3v) is 6.69. The molecule has 0 unspecified atom stereocenters. The second kappa shape index (κ2) is 7.96. The standard InChI is InChI=1S/C23H17I2N/c24-22-20(18-12-6-2-7-13-18)21(19-14-8-3-9-15-19)23(25)26(22)16-17-10-4-1-5-11-17/h1-15H,16H2. The van der Waals surface area contributed by atoms with E-state index >= 15 is 0 Å². The van der Waals surface area contributed by atoms with Gasteiger partial charge in [-0.05, 0) is 61.9 Å². The molecule has 0 amide bonds. The van der Waals surface area contributed by atoms with Gasteiger partial charge in [0.25, 0.3) is 0 Å². The monoisotopic (exact) mass is 561 g/mol. The van der Waals surface area contributed by atoms with Crippen LogP contribution in [0.4, 0.5) is 0 Å². The molecule has 0 fully saturated rings. The Labute approximate surface area is 181 Å². The number of halogens is 2. The Kier molecular flexibility index (Phi) is 5.45. The van der Waals surface area contributed by atoms with Crippen LogP contribution < -0.4 is 0 Å². The SMILES string of the molecule is Ic1c(-c2ccccc2)c(-c2ccccc2)c(I)n1Cc1ccccc1. The lowest BCUT2D eigenvalue weighted by Crippen LogP contribution is -2.04. The van der Waals surface area contributed by atoms with Gasteiger partial charge >= 0.3 is 0 Å². The lowest BCUT2D eigenvalue weighted by atomic mass is 9.99. The maximum absolute atomic E-state index is 2.50. The minimum Gasteiger partial charge on any atom is -0.326 e. The second-order valence-electron chi connectivity index (χ2n) is 6.14. The van der Waals surface area contributed by atoms with E-state index in [0.29, 0.717) is 0 Å². The first kappa shape index (κ1) is 17.8. The molecule has 4 aromatic rings. The van der Waals surface area contributed by atoms with Crippen molar-refractivity contribution in [3.63, 3.8) is 0 Å². The quantitative estimate of drug-likeness (QED) is 0.235. The summed E-state index contributed by atoms with van der Waals surface area (Å²) in [6.07, 6.45) is 0. The minimum atomic E-state index is 0.879. The molecule has 1 aromatic heterocycles. The zero-order valence-electron chi connectivity index (χ0n) is 14.1. The molecule has 26 heavy (non-hydrogen) atoms. The van der Waals surface area contributed by atoms with Crippen LogP contribution in [0.25, 0.3) is 22.3 Å². The lowest BCUT2D eigenvalue weighted by Gasteiger charge is -2.08. The molecular formula is C23H17I2N. The molecular weight excluding hydrogens is 544 g/mol. The van der Waals surface area contributed by atoms with Gasteiger partial charge in [-0.15, -0.1) is 0 Å². The van der Waals surface area contributed by atoms with Crippen LogP contribution in [0.3, 0.4) is 0 Å². The van der Waals surface area contributed by atoms with Gasteiger partial charge in [0.2, 0.25) is 0 Å². The predicted octanol–water partition coefficient (Wildman–Crippen LogP) is 7.08. The van der Waals surface area contributed by atoms with Crippen LogP contribution in [0.5, 0.6) is 0 Å². The van der Waals surface area contributed by atoms with Crippen molar-refractivity contribution in [2.45, 2.75) is 6.54 Å². The van der Waals surface area contributed by atoms with E-state index in [1.165, 1.54) is 35.2 Å². The van der Waals surface area contributed by atoms with Crippen molar-refractivity contribution in [2.75, 3.05) is 0 Å². The maximum Gasteiger partial charge on any atom is 0.0895 e. The van der Waals surface area contributed by atoms with Crippen molar-refractivity contribution in [1.29, 1.82) is 0 Å². The van der Waals surface area contributed by atoms with Crippen molar-refractivity contribution >= 4 is 45.2 Å². The van der Waals surface area contributed by atoms with Gasteiger partial charge in [-0.1, -0.05) is 91.0 Å². The first-order chi connectivity index (χ1) is 12.8. The molecule has 3 heteroatoms. The Morgan fingerprint density at radius 2 is 0.923 bits per heavy atom. The van der Waals surface area contributed by atoms with E-state index in [1.807, 2.05) is 0 Å². The Morgan fingerprint density at radius 1 is 0.538 bits per heavy atom. The average Bonchev–Trinajstić information content (AvgIpc) is 2.95. The summed E-state index contributed by atoms with van der Waals surface area (Å²) in [4.78, 5) is 0. The molecule has 0 N–H and O–H groups in total. The van der Waals surface area contributed by atoms with E-state index in [2.05, 4.69) is 141 Å². The van der Waals surface area contributed by atoms with Crippen LogP contribution in [-0.2, 0) is 6.54 Å². The third kappa shape index (κ3) is 3.47. The van der Waals surface area contributed by atoms with Gasteiger partial charge in [-0.2, -0.15) is 0 Å². The van der Waals surface area contributed by atoms with E-state index in [9.17, 15) is 0 Å². The van der Waals surface area contributed by atoms with Crippen molar-refractivity contribution in [1.82, 2.24) is 4.57 Å². The van der Waals surface area contributed by atoms with Gasteiger partial charge in [0.05, 0.1) is 7.40 Å². The Balaban J connectivity index is 1.93. The van der Waals surface area contributed by atoms with E-state index in [1.54, 1.807) is 0 Å². The molecule has 0 aliphatic rings. The molecule has 0 spiro atoms. The third-order valence-electron chi connectivity index (χ3n) is 4.44. The van der Waals surface area contributed by atoms with Crippen molar-refractivity contribution in [3.8, 4) is 22.3 Å². The fourth-order valence-corrected chi connectivity index (χ4v) is 5.65. The molecule has 128 valence electrons. The van der Waals surface area contributed by atoms with Crippen LogP contribution in [-0.4, -0.2) is 4.57 Å². The first-order valence-electron chi connectivity index (χ1n) is 8.48. The number of hydrogen-bond donors (Lipinski definition) is 0. The largest absolute Gasteiger partial charge is 0.326 e. The fourth-order valence-electron chi connectivity index (χ4n) is 3.20. The zero-order valence-corrected chi connectivity index (χ0v) is 18.4. The molecule has 0 aliphatic heterocycles. The maximum atomic E-state index is 2.50. The normalized spacial score (nSPS) is 10.8. The van der Waals surface area contributed by atoms with Gasteiger partial charge in [-0.25, -0.2) is 0 Å². The summed E-state index contributed by atoms with van der Waals surface area (Å²) in [6, 6.07) is 32.1. The van der Waals surface area contributed by atoms with Crippen LogP contribution in [0.15, 0.2) is 91.0 Å². The molecule has 0 saturated carbocycles. The minimum absolute atomic E-state index is 0.879. The highest BCUT2D eigenvalue weighted by atomic mass is 127. The fraction of sp³-hybridized carbons (Fsp3) is 0.0435. The van der Waals surface area contributed by atoms with Gasteiger partial charge in [0, 0.05) is 17.7 Å². The number of nitrogens with zero attached hydrogens (tertiary/aromatic N) is 1. The van der Waals surface area contributed by atoms with Crippen LogP contribution >= 0.6 is 45.2 Å². The molecule has 0 saturated heterocycles. The van der Waals surface area contributed by atoms with Gasteiger partial charge in [0.15, 0.2) is 0 Å². The smallest absolute Gasteiger partial charge is 0.0895 e. The molecule has 0 aliphatic carbocycles. The zero-order chi connectivity index (χ0) is 17.9. The van der Waals surface area contributed by atoms with E-state index in [-0.39, 0.29) is 0 Å². The molecule has 1 nitrogen and oxygen atoms in total. The summed E-state index contributed by atoms with van der Waals surface area (Å²) in [7, 11) is 0. The number of rotatable bonds is 4. The summed E-state index contributed by atoms with van der Waals surface area (Å²) in [6.45, 7) is 0.879. The van der Waals surface area contributed by atoms with E-state index < -0.39 is 0 Å². The molecule has 0 radical (unpaired) electrons. The van der Waals surface area contributed by atoms with E-state index in [4.69, 9.17) is 0 Å². The van der Waals surface area contributed by atoms with Gasteiger partial charge in [-0.3, -0.25) is 0 Å². The highest BCUT2D eigenvalue weighted by Gasteiger charge is 2.22. The van der Waals surface area contributed by atoms with Gasteiger partial charge < -0.3 is 4.57 Å².